The number of methoxy groups -OCH3 is 1. The smallest absolute Gasteiger partial charge is 0.124 e. The van der Waals surface area contributed by atoms with Gasteiger partial charge in [0.25, 0.3) is 0 Å². The van der Waals surface area contributed by atoms with Crippen LogP contribution in [0.2, 0.25) is 0 Å². The maximum absolute atomic E-state index is 5.33. The highest BCUT2D eigenvalue weighted by atomic mass is 16.5. The summed E-state index contributed by atoms with van der Waals surface area (Å²) >= 11 is 0. The maximum Gasteiger partial charge on any atom is 0.124 e. The van der Waals surface area contributed by atoms with Gasteiger partial charge in [0.2, 0.25) is 0 Å². The molecule has 1 aliphatic heterocycles. The molecule has 0 N–H and O–H groups in total. The molecule has 0 bridgehead atoms. The number of unbranched alkanes of at least 4 members (excludes halogenated alkanes) is 1. The standard InChI is InChI=1S/C17H25N3O/c1-3-4-11-20-16-8-7-14(21-2)12-15(16)18-17(20)13-19-9-5-6-10-19/h7-8,12H,3-6,9-11,13H2,1-2H3. The van der Waals surface area contributed by atoms with E-state index in [2.05, 4.69) is 22.5 Å². The number of rotatable bonds is 6. The Morgan fingerprint density at radius 3 is 2.76 bits per heavy atom. The van der Waals surface area contributed by atoms with Crippen molar-refractivity contribution in [3.8, 4) is 5.75 Å². The molecule has 0 atom stereocenters. The molecule has 0 unspecified atom stereocenters. The van der Waals surface area contributed by atoms with Crippen LogP contribution in [0.1, 0.15) is 38.4 Å². The normalized spacial score (nSPS) is 15.9. The summed E-state index contributed by atoms with van der Waals surface area (Å²) in [4.78, 5) is 7.39. The Morgan fingerprint density at radius 1 is 1.24 bits per heavy atom. The molecule has 4 nitrogen and oxygen atoms in total. The molecular formula is C17H25N3O. The lowest BCUT2D eigenvalue weighted by molar-refractivity contribution is 0.316. The van der Waals surface area contributed by atoms with Gasteiger partial charge in [-0.2, -0.15) is 0 Å². The Bertz CT molecular complexity index is 599. The van der Waals surface area contributed by atoms with E-state index in [1.54, 1.807) is 7.11 Å². The minimum Gasteiger partial charge on any atom is -0.497 e. The second kappa shape index (κ2) is 6.48. The molecule has 1 aromatic carbocycles. The van der Waals surface area contributed by atoms with Gasteiger partial charge in [0.1, 0.15) is 11.6 Å². The van der Waals surface area contributed by atoms with Crippen molar-refractivity contribution in [2.75, 3.05) is 20.2 Å². The van der Waals surface area contributed by atoms with Crippen LogP contribution < -0.4 is 4.74 Å². The number of benzene rings is 1. The third-order valence-electron chi connectivity index (χ3n) is 4.33. The monoisotopic (exact) mass is 287 g/mol. The van der Waals surface area contributed by atoms with Crippen LogP contribution in [0.4, 0.5) is 0 Å². The van der Waals surface area contributed by atoms with E-state index in [1.807, 2.05) is 12.1 Å². The van der Waals surface area contributed by atoms with Gasteiger partial charge in [-0.1, -0.05) is 13.3 Å². The van der Waals surface area contributed by atoms with Crippen LogP contribution in [0.15, 0.2) is 18.2 Å². The van der Waals surface area contributed by atoms with E-state index in [9.17, 15) is 0 Å². The number of imidazole rings is 1. The van der Waals surface area contributed by atoms with Crippen LogP contribution in [0.25, 0.3) is 11.0 Å². The van der Waals surface area contributed by atoms with Gasteiger partial charge < -0.3 is 9.30 Å². The number of ether oxygens (including phenoxy) is 1. The van der Waals surface area contributed by atoms with E-state index in [0.717, 1.165) is 24.4 Å². The fourth-order valence-electron chi connectivity index (χ4n) is 3.11. The van der Waals surface area contributed by atoms with E-state index in [1.165, 1.54) is 50.1 Å². The number of nitrogens with zero attached hydrogens (tertiary/aromatic N) is 3. The van der Waals surface area contributed by atoms with E-state index < -0.39 is 0 Å². The molecule has 0 radical (unpaired) electrons. The van der Waals surface area contributed by atoms with Gasteiger partial charge in [0, 0.05) is 12.6 Å². The Morgan fingerprint density at radius 2 is 2.05 bits per heavy atom. The molecule has 114 valence electrons. The van der Waals surface area contributed by atoms with Gasteiger partial charge in [-0.25, -0.2) is 4.98 Å². The van der Waals surface area contributed by atoms with Gasteiger partial charge in [0.15, 0.2) is 0 Å². The Labute approximate surface area is 126 Å². The molecule has 1 saturated heterocycles. The van der Waals surface area contributed by atoms with Crippen molar-refractivity contribution >= 4 is 11.0 Å². The Hall–Kier alpha value is -1.55. The lowest BCUT2D eigenvalue weighted by atomic mass is 10.3. The highest BCUT2D eigenvalue weighted by Gasteiger charge is 2.17. The van der Waals surface area contributed by atoms with E-state index in [0.29, 0.717) is 0 Å². The van der Waals surface area contributed by atoms with Crippen LogP contribution in [-0.2, 0) is 13.1 Å². The second-order valence-corrected chi connectivity index (χ2v) is 5.87. The van der Waals surface area contributed by atoms with Crippen molar-refractivity contribution in [1.82, 2.24) is 14.5 Å². The predicted molar refractivity (Wildman–Crippen MR) is 85.7 cm³/mol. The number of fused-ring (bicyclic) bond motifs is 1. The van der Waals surface area contributed by atoms with E-state index in [4.69, 9.17) is 9.72 Å². The first-order valence-corrected chi connectivity index (χ1v) is 8.07. The van der Waals surface area contributed by atoms with Crippen molar-refractivity contribution in [3.63, 3.8) is 0 Å². The number of hydrogen-bond acceptors (Lipinski definition) is 3. The molecule has 2 heterocycles. The summed E-state index contributed by atoms with van der Waals surface area (Å²) in [6.45, 7) is 6.69. The predicted octanol–water partition coefficient (Wildman–Crippen LogP) is 3.44. The molecular weight excluding hydrogens is 262 g/mol. The summed E-state index contributed by atoms with van der Waals surface area (Å²) in [5.74, 6) is 2.09. The third kappa shape index (κ3) is 3.05. The number of aryl methyl sites for hydroxylation is 1. The fourth-order valence-corrected chi connectivity index (χ4v) is 3.11. The van der Waals surface area contributed by atoms with E-state index in [-0.39, 0.29) is 0 Å². The average molecular weight is 287 g/mol. The van der Waals surface area contributed by atoms with E-state index >= 15 is 0 Å². The third-order valence-corrected chi connectivity index (χ3v) is 4.33. The van der Waals surface area contributed by atoms with Gasteiger partial charge >= 0.3 is 0 Å². The Kier molecular flexibility index (Phi) is 4.44. The highest BCUT2D eigenvalue weighted by Crippen LogP contribution is 2.24. The Balaban J connectivity index is 1.94. The van der Waals surface area contributed by atoms with Gasteiger partial charge in [-0.05, 0) is 44.5 Å². The first-order chi connectivity index (χ1) is 10.3. The van der Waals surface area contributed by atoms with Crippen molar-refractivity contribution in [3.05, 3.63) is 24.0 Å². The van der Waals surface area contributed by atoms with Crippen LogP contribution in [0.5, 0.6) is 5.75 Å². The second-order valence-electron chi connectivity index (χ2n) is 5.87. The van der Waals surface area contributed by atoms with Crippen LogP contribution >= 0.6 is 0 Å². The minimum absolute atomic E-state index is 0.885. The lowest BCUT2D eigenvalue weighted by Crippen LogP contribution is -2.21. The summed E-state index contributed by atoms with van der Waals surface area (Å²) < 4.78 is 7.73. The molecule has 1 fully saturated rings. The number of aromatic nitrogens is 2. The average Bonchev–Trinajstić information content (AvgIpc) is 3.12. The summed E-state index contributed by atoms with van der Waals surface area (Å²) in [7, 11) is 1.71. The number of likely N-dealkylation sites (tertiary alicyclic amines) is 1. The summed E-state index contributed by atoms with van der Waals surface area (Å²) in [5.41, 5.74) is 2.29. The largest absolute Gasteiger partial charge is 0.497 e. The zero-order valence-electron chi connectivity index (χ0n) is 13.1. The highest BCUT2D eigenvalue weighted by molar-refractivity contribution is 5.77. The first kappa shape index (κ1) is 14.4. The topological polar surface area (TPSA) is 30.3 Å². The first-order valence-electron chi connectivity index (χ1n) is 8.07. The zero-order chi connectivity index (χ0) is 14.7. The van der Waals surface area contributed by atoms with Crippen molar-refractivity contribution in [2.45, 2.75) is 45.7 Å². The van der Waals surface area contributed by atoms with Crippen LogP contribution in [0.3, 0.4) is 0 Å². The molecule has 0 amide bonds. The van der Waals surface area contributed by atoms with Gasteiger partial charge in [0.05, 0.1) is 24.7 Å². The van der Waals surface area contributed by atoms with Crippen molar-refractivity contribution in [1.29, 1.82) is 0 Å². The van der Waals surface area contributed by atoms with Gasteiger partial charge in [-0.3, -0.25) is 4.90 Å². The lowest BCUT2D eigenvalue weighted by Gasteiger charge is -2.15. The van der Waals surface area contributed by atoms with Crippen LogP contribution in [0, 0.1) is 0 Å². The zero-order valence-corrected chi connectivity index (χ0v) is 13.1. The summed E-state index contributed by atoms with van der Waals surface area (Å²) in [6, 6.07) is 6.22. The summed E-state index contributed by atoms with van der Waals surface area (Å²) in [6.07, 6.45) is 5.05. The van der Waals surface area contributed by atoms with Crippen molar-refractivity contribution in [2.24, 2.45) is 0 Å². The molecule has 3 rings (SSSR count). The number of hydrogen-bond donors (Lipinski definition) is 0. The quantitative estimate of drug-likeness (QED) is 0.815. The fraction of sp³-hybridized carbons (Fsp3) is 0.588. The molecule has 1 aliphatic rings. The molecule has 4 heteroatoms. The molecule has 1 aromatic heterocycles. The molecule has 21 heavy (non-hydrogen) atoms. The summed E-state index contributed by atoms with van der Waals surface area (Å²) in [5, 5.41) is 0. The van der Waals surface area contributed by atoms with Crippen LogP contribution in [-0.4, -0.2) is 34.7 Å². The molecule has 0 spiro atoms. The maximum atomic E-state index is 5.33. The van der Waals surface area contributed by atoms with Crippen molar-refractivity contribution < 1.29 is 4.74 Å². The minimum atomic E-state index is 0.885. The molecule has 2 aromatic rings. The SMILES string of the molecule is CCCCn1c(CN2CCCC2)nc2cc(OC)ccc21. The van der Waals surface area contributed by atoms with Gasteiger partial charge in [-0.15, -0.1) is 0 Å². The molecule has 0 aliphatic carbocycles. The molecule has 0 saturated carbocycles.